The van der Waals surface area contributed by atoms with Gasteiger partial charge in [-0.25, -0.2) is 4.98 Å². The number of thiazole rings is 1. The maximum absolute atomic E-state index is 13.1. The lowest BCUT2D eigenvalue weighted by Gasteiger charge is -2.28. The SMILES string of the molecule is CC(C)(C)CC(=O)N(CCc1csc2nc(-c3ccc4ccccc4c3)cn12)CC1CCCO1. The normalized spacial score (nSPS) is 16.5. The largest absolute Gasteiger partial charge is 0.376 e. The minimum Gasteiger partial charge on any atom is -0.376 e. The standard InChI is InChI=1S/C28H33N3O2S/c1-28(2,3)16-26(32)30(17-24-9-6-14-33-24)13-12-23-19-34-27-29-25(18-31(23)27)22-11-10-20-7-4-5-8-21(20)15-22/h4-5,7-8,10-11,15,18-19,24H,6,9,12-14,16-17H2,1-3H3. The zero-order valence-electron chi connectivity index (χ0n) is 20.3. The van der Waals surface area contributed by atoms with Crippen molar-refractivity contribution in [3.05, 3.63) is 59.7 Å². The van der Waals surface area contributed by atoms with Gasteiger partial charge >= 0.3 is 0 Å². The monoisotopic (exact) mass is 475 g/mol. The molecule has 4 aromatic rings. The van der Waals surface area contributed by atoms with E-state index >= 15 is 0 Å². The number of imidazole rings is 1. The van der Waals surface area contributed by atoms with Crippen molar-refractivity contribution in [3.8, 4) is 11.3 Å². The zero-order valence-corrected chi connectivity index (χ0v) is 21.1. The van der Waals surface area contributed by atoms with Crippen LogP contribution in [0.5, 0.6) is 0 Å². The lowest BCUT2D eigenvalue weighted by atomic mass is 9.91. The molecule has 0 aliphatic carbocycles. The molecule has 1 saturated heterocycles. The molecule has 1 aliphatic heterocycles. The molecule has 0 radical (unpaired) electrons. The van der Waals surface area contributed by atoms with Crippen LogP contribution in [0.1, 0.15) is 45.7 Å². The second kappa shape index (κ2) is 9.51. The van der Waals surface area contributed by atoms with Crippen molar-refractivity contribution in [2.24, 2.45) is 5.41 Å². The van der Waals surface area contributed by atoms with E-state index in [9.17, 15) is 4.79 Å². The summed E-state index contributed by atoms with van der Waals surface area (Å²) in [6, 6.07) is 14.9. The number of benzene rings is 2. The Morgan fingerprint density at radius 3 is 2.79 bits per heavy atom. The minimum absolute atomic E-state index is 0.0272. The highest BCUT2D eigenvalue weighted by atomic mass is 32.1. The molecule has 0 spiro atoms. The number of ether oxygens (including phenoxy) is 1. The van der Waals surface area contributed by atoms with Gasteiger partial charge in [-0.05, 0) is 35.1 Å². The predicted molar refractivity (Wildman–Crippen MR) is 139 cm³/mol. The van der Waals surface area contributed by atoms with Gasteiger partial charge in [0.05, 0.1) is 11.8 Å². The predicted octanol–water partition coefficient (Wildman–Crippen LogP) is 6.20. The molecule has 178 valence electrons. The Labute approximate surface area is 205 Å². The van der Waals surface area contributed by atoms with E-state index in [4.69, 9.17) is 9.72 Å². The summed E-state index contributed by atoms with van der Waals surface area (Å²) in [5.74, 6) is 0.219. The molecule has 1 atom stereocenters. The smallest absolute Gasteiger partial charge is 0.223 e. The third-order valence-electron chi connectivity index (χ3n) is 6.45. The van der Waals surface area contributed by atoms with Gasteiger partial charge in [0.1, 0.15) is 0 Å². The Bertz CT molecular complexity index is 1290. The van der Waals surface area contributed by atoms with Gasteiger partial charge in [-0.2, -0.15) is 0 Å². The van der Waals surface area contributed by atoms with Crippen molar-refractivity contribution in [2.45, 2.75) is 52.6 Å². The van der Waals surface area contributed by atoms with Gasteiger partial charge in [-0.15, -0.1) is 11.3 Å². The van der Waals surface area contributed by atoms with Crippen LogP contribution in [-0.4, -0.2) is 46.0 Å². The Balaban J connectivity index is 1.34. The third kappa shape index (κ3) is 5.18. The van der Waals surface area contributed by atoms with Gasteiger partial charge in [0, 0.05) is 55.4 Å². The Hall–Kier alpha value is -2.70. The molecule has 1 amide bonds. The number of hydrogen-bond donors (Lipinski definition) is 0. The van der Waals surface area contributed by atoms with Crippen LogP contribution in [0.4, 0.5) is 0 Å². The average molecular weight is 476 g/mol. The maximum Gasteiger partial charge on any atom is 0.223 e. The molecule has 2 aromatic heterocycles. The Morgan fingerprint density at radius 1 is 1.21 bits per heavy atom. The number of carbonyl (C=O) groups is 1. The van der Waals surface area contributed by atoms with E-state index in [2.05, 4.69) is 79.2 Å². The summed E-state index contributed by atoms with van der Waals surface area (Å²) in [6.45, 7) is 8.56. The molecule has 5 rings (SSSR count). The molecule has 2 aromatic carbocycles. The second-order valence-electron chi connectivity index (χ2n) is 10.5. The number of hydrogen-bond acceptors (Lipinski definition) is 4. The van der Waals surface area contributed by atoms with Crippen molar-refractivity contribution in [1.29, 1.82) is 0 Å². The number of carbonyl (C=O) groups excluding carboxylic acids is 1. The summed E-state index contributed by atoms with van der Waals surface area (Å²) in [4.78, 5) is 21.0. The molecule has 1 fully saturated rings. The van der Waals surface area contributed by atoms with Crippen LogP contribution in [0.15, 0.2) is 54.0 Å². The average Bonchev–Trinajstić information content (AvgIpc) is 3.53. The van der Waals surface area contributed by atoms with E-state index < -0.39 is 0 Å². The van der Waals surface area contributed by atoms with Crippen LogP contribution in [0.3, 0.4) is 0 Å². The molecular weight excluding hydrogens is 442 g/mol. The van der Waals surface area contributed by atoms with Crippen molar-refractivity contribution < 1.29 is 9.53 Å². The van der Waals surface area contributed by atoms with E-state index in [0.717, 1.165) is 42.1 Å². The molecule has 0 N–H and O–H groups in total. The van der Waals surface area contributed by atoms with Gasteiger partial charge in [0.25, 0.3) is 0 Å². The lowest BCUT2D eigenvalue weighted by Crippen LogP contribution is -2.40. The van der Waals surface area contributed by atoms with Crippen molar-refractivity contribution in [3.63, 3.8) is 0 Å². The molecule has 3 heterocycles. The molecule has 1 aliphatic rings. The lowest BCUT2D eigenvalue weighted by molar-refractivity contribution is -0.134. The fourth-order valence-electron chi connectivity index (χ4n) is 4.66. The van der Waals surface area contributed by atoms with Gasteiger partial charge in [-0.1, -0.05) is 57.2 Å². The quantitative estimate of drug-likeness (QED) is 0.320. The first kappa shape index (κ1) is 23.1. The van der Waals surface area contributed by atoms with Gasteiger partial charge in [0.2, 0.25) is 5.91 Å². The number of nitrogens with zero attached hydrogens (tertiary/aromatic N) is 3. The Morgan fingerprint density at radius 2 is 2.03 bits per heavy atom. The summed E-state index contributed by atoms with van der Waals surface area (Å²) in [5, 5.41) is 4.63. The summed E-state index contributed by atoms with van der Waals surface area (Å²) in [7, 11) is 0. The van der Waals surface area contributed by atoms with Crippen LogP contribution in [0, 0.1) is 5.41 Å². The fraction of sp³-hybridized carbons (Fsp3) is 0.429. The van der Waals surface area contributed by atoms with E-state index in [1.165, 1.54) is 16.5 Å². The summed E-state index contributed by atoms with van der Waals surface area (Å²) in [5.41, 5.74) is 3.28. The van der Waals surface area contributed by atoms with Crippen LogP contribution in [0.25, 0.3) is 27.0 Å². The zero-order chi connectivity index (χ0) is 23.7. The highest BCUT2D eigenvalue weighted by Gasteiger charge is 2.26. The van der Waals surface area contributed by atoms with Crippen LogP contribution in [-0.2, 0) is 16.0 Å². The maximum atomic E-state index is 13.1. The first-order valence-electron chi connectivity index (χ1n) is 12.2. The number of amides is 1. The molecule has 5 nitrogen and oxygen atoms in total. The highest BCUT2D eigenvalue weighted by molar-refractivity contribution is 7.15. The molecule has 0 saturated carbocycles. The van der Waals surface area contributed by atoms with Gasteiger partial charge in [0.15, 0.2) is 4.96 Å². The molecule has 6 heteroatoms. The van der Waals surface area contributed by atoms with Crippen molar-refractivity contribution in [1.82, 2.24) is 14.3 Å². The molecular formula is C28H33N3O2S. The summed E-state index contributed by atoms with van der Waals surface area (Å²) >= 11 is 1.66. The fourth-order valence-corrected chi connectivity index (χ4v) is 5.57. The number of fused-ring (bicyclic) bond motifs is 2. The summed E-state index contributed by atoms with van der Waals surface area (Å²) < 4.78 is 8.03. The van der Waals surface area contributed by atoms with Gasteiger partial charge < -0.3 is 9.64 Å². The number of rotatable bonds is 7. The third-order valence-corrected chi connectivity index (χ3v) is 7.34. The van der Waals surface area contributed by atoms with Crippen LogP contribution >= 0.6 is 11.3 Å². The van der Waals surface area contributed by atoms with E-state index in [0.29, 0.717) is 19.5 Å². The second-order valence-corrected chi connectivity index (χ2v) is 11.4. The number of aromatic nitrogens is 2. The molecule has 1 unspecified atom stereocenters. The molecule has 34 heavy (non-hydrogen) atoms. The first-order valence-corrected chi connectivity index (χ1v) is 13.1. The van der Waals surface area contributed by atoms with E-state index in [1.54, 1.807) is 11.3 Å². The van der Waals surface area contributed by atoms with E-state index in [-0.39, 0.29) is 17.4 Å². The van der Waals surface area contributed by atoms with Crippen molar-refractivity contribution in [2.75, 3.05) is 19.7 Å². The van der Waals surface area contributed by atoms with Crippen LogP contribution in [0.2, 0.25) is 0 Å². The van der Waals surface area contributed by atoms with Crippen LogP contribution < -0.4 is 0 Å². The van der Waals surface area contributed by atoms with E-state index in [1.807, 2.05) is 4.90 Å². The highest BCUT2D eigenvalue weighted by Crippen LogP contribution is 2.27. The topological polar surface area (TPSA) is 46.8 Å². The van der Waals surface area contributed by atoms with Gasteiger partial charge in [-0.3, -0.25) is 9.20 Å². The van der Waals surface area contributed by atoms with Crippen molar-refractivity contribution >= 4 is 33.0 Å². The minimum atomic E-state index is -0.0272. The first-order chi connectivity index (χ1) is 16.4. The summed E-state index contributed by atoms with van der Waals surface area (Å²) in [6.07, 6.45) is 5.78. The molecule has 0 bridgehead atoms. The Kier molecular flexibility index (Phi) is 6.45.